The molecule has 0 atom stereocenters. The lowest BCUT2D eigenvalue weighted by molar-refractivity contribution is 0.725. The van der Waals surface area contributed by atoms with Crippen LogP contribution in [-0.2, 0) is 6.42 Å². The summed E-state index contributed by atoms with van der Waals surface area (Å²) in [4.78, 5) is 12.0. The number of rotatable bonds is 7. The fourth-order valence-corrected chi connectivity index (χ4v) is 3.77. The lowest BCUT2D eigenvalue weighted by Crippen LogP contribution is -2.27. The molecule has 5 heteroatoms. The summed E-state index contributed by atoms with van der Waals surface area (Å²) >= 11 is 6.52. The first-order valence-corrected chi connectivity index (χ1v) is 9.85. The van der Waals surface area contributed by atoms with Crippen molar-refractivity contribution in [2.75, 3.05) is 18.0 Å². The van der Waals surface area contributed by atoms with Crippen molar-refractivity contribution in [1.82, 2.24) is 14.4 Å². The third kappa shape index (κ3) is 3.43. The van der Waals surface area contributed by atoms with Gasteiger partial charge in [-0.05, 0) is 37.8 Å². The van der Waals surface area contributed by atoms with Gasteiger partial charge in [-0.2, -0.15) is 0 Å². The maximum atomic E-state index is 6.52. The Morgan fingerprint density at radius 3 is 2.46 bits per heavy atom. The minimum atomic E-state index is 0.715. The van der Waals surface area contributed by atoms with Crippen LogP contribution in [-0.4, -0.2) is 27.5 Å². The lowest BCUT2D eigenvalue weighted by atomic mass is 10.1. The molecule has 3 aromatic rings. The number of imidazole rings is 1. The molecule has 0 aliphatic rings. The Morgan fingerprint density at radius 1 is 1.12 bits per heavy atom. The molecule has 0 fully saturated rings. The first kappa shape index (κ1) is 18.7. The highest BCUT2D eigenvalue weighted by molar-refractivity contribution is 6.33. The van der Waals surface area contributed by atoms with Gasteiger partial charge in [0.1, 0.15) is 11.5 Å². The van der Waals surface area contributed by atoms with Crippen molar-refractivity contribution in [3.8, 4) is 11.3 Å². The van der Waals surface area contributed by atoms with Crippen molar-refractivity contribution in [3.63, 3.8) is 0 Å². The molecule has 0 amide bonds. The maximum Gasteiger partial charge on any atom is 0.165 e. The van der Waals surface area contributed by atoms with Gasteiger partial charge in [0.15, 0.2) is 5.65 Å². The first-order chi connectivity index (χ1) is 12.6. The molecule has 0 spiro atoms. The molecule has 0 N–H and O–H groups in total. The van der Waals surface area contributed by atoms with Crippen LogP contribution in [0.5, 0.6) is 0 Å². The van der Waals surface area contributed by atoms with Gasteiger partial charge in [0, 0.05) is 31.0 Å². The minimum Gasteiger partial charge on any atom is -0.356 e. The van der Waals surface area contributed by atoms with Gasteiger partial charge in [0.05, 0.1) is 10.7 Å². The first-order valence-electron chi connectivity index (χ1n) is 9.48. The van der Waals surface area contributed by atoms with E-state index in [2.05, 4.69) is 41.1 Å². The van der Waals surface area contributed by atoms with Crippen molar-refractivity contribution in [3.05, 3.63) is 46.9 Å². The summed E-state index contributed by atoms with van der Waals surface area (Å²) in [5, 5.41) is 0.715. The Bertz CT molecular complexity index is 894. The predicted molar refractivity (Wildman–Crippen MR) is 110 cm³/mol. The zero-order valence-corrected chi connectivity index (χ0v) is 16.8. The molecule has 0 aliphatic heterocycles. The van der Waals surface area contributed by atoms with Crippen LogP contribution in [0.3, 0.4) is 0 Å². The van der Waals surface area contributed by atoms with Crippen molar-refractivity contribution < 1.29 is 0 Å². The molecule has 0 unspecified atom stereocenters. The van der Waals surface area contributed by atoms with Gasteiger partial charge in [0.2, 0.25) is 0 Å². The average molecular weight is 371 g/mol. The van der Waals surface area contributed by atoms with Gasteiger partial charge >= 0.3 is 0 Å². The topological polar surface area (TPSA) is 33.4 Å². The van der Waals surface area contributed by atoms with E-state index in [9.17, 15) is 0 Å². The molecule has 0 aliphatic carbocycles. The summed E-state index contributed by atoms with van der Waals surface area (Å²) in [6.07, 6.45) is 6.97. The second-order valence-electron chi connectivity index (χ2n) is 6.68. The average Bonchev–Trinajstić information content (AvgIpc) is 3.00. The number of halogens is 1. The monoisotopic (exact) mass is 370 g/mol. The van der Waals surface area contributed by atoms with E-state index >= 15 is 0 Å². The number of aryl methyl sites for hydroxylation is 2. The summed E-state index contributed by atoms with van der Waals surface area (Å²) < 4.78 is 2.18. The lowest BCUT2D eigenvalue weighted by Gasteiger charge is -2.24. The van der Waals surface area contributed by atoms with Crippen LogP contribution in [0.25, 0.3) is 16.9 Å². The molecular formula is C21H27ClN4. The third-order valence-corrected chi connectivity index (χ3v) is 4.90. The summed E-state index contributed by atoms with van der Waals surface area (Å²) in [5.41, 5.74) is 4.90. The Morgan fingerprint density at radius 2 is 1.85 bits per heavy atom. The van der Waals surface area contributed by atoms with Crippen LogP contribution in [0.1, 0.15) is 44.9 Å². The highest BCUT2D eigenvalue weighted by Crippen LogP contribution is 2.33. The largest absolute Gasteiger partial charge is 0.356 e. The van der Waals surface area contributed by atoms with Crippen molar-refractivity contribution in [2.24, 2.45) is 0 Å². The molecule has 0 radical (unpaired) electrons. The third-order valence-electron chi connectivity index (χ3n) is 4.59. The highest BCUT2D eigenvalue weighted by atomic mass is 35.5. The molecule has 0 saturated heterocycles. The van der Waals surface area contributed by atoms with Gasteiger partial charge in [-0.1, -0.05) is 44.5 Å². The molecule has 2 heterocycles. The van der Waals surface area contributed by atoms with Crippen molar-refractivity contribution in [1.29, 1.82) is 0 Å². The van der Waals surface area contributed by atoms with E-state index < -0.39 is 0 Å². The number of hydrogen-bond acceptors (Lipinski definition) is 3. The molecule has 0 bridgehead atoms. The zero-order chi connectivity index (χ0) is 18.7. The van der Waals surface area contributed by atoms with E-state index in [0.29, 0.717) is 5.02 Å². The summed E-state index contributed by atoms with van der Waals surface area (Å²) in [7, 11) is 0. The van der Waals surface area contributed by atoms with E-state index in [1.807, 2.05) is 31.5 Å². The van der Waals surface area contributed by atoms with Crippen LogP contribution in [0.2, 0.25) is 5.02 Å². The van der Waals surface area contributed by atoms with Gasteiger partial charge in [-0.3, -0.25) is 9.38 Å². The molecule has 1 aromatic carbocycles. The number of nitrogens with zero attached hydrogens (tertiary/aromatic N) is 4. The molecule has 26 heavy (non-hydrogen) atoms. The fraction of sp³-hybridized carbons (Fsp3) is 0.429. The molecule has 2 aromatic heterocycles. The van der Waals surface area contributed by atoms with Gasteiger partial charge < -0.3 is 4.90 Å². The number of aromatic nitrogens is 3. The van der Waals surface area contributed by atoms with E-state index in [-0.39, 0.29) is 0 Å². The molecule has 138 valence electrons. The van der Waals surface area contributed by atoms with Crippen LogP contribution >= 0.6 is 11.6 Å². The number of hydrogen-bond donors (Lipinski definition) is 0. The van der Waals surface area contributed by atoms with Gasteiger partial charge in [-0.15, -0.1) is 0 Å². The fourth-order valence-electron chi connectivity index (χ4n) is 3.45. The summed E-state index contributed by atoms with van der Waals surface area (Å²) in [6, 6.07) is 6.08. The maximum absolute atomic E-state index is 6.52. The van der Waals surface area contributed by atoms with E-state index in [0.717, 1.165) is 60.5 Å². The Labute approximate surface area is 160 Å². The van der Waals surface area contributed by atoms with Gasteiger partial charge in [-0.25, -0.2) is 4.98 Å². The summed E-state index contributed by atoms with van der Waals surface area (Å²) in [5.74, 6) is 1.19. The number of anilines is 1. The van der Waals surface area contributed by atoms with Crippen LogP contribution in [0.4, 0.5) is 5.82 Å². The second-order valence-corrected chi connectivity index (χ2v) is 7.08. The normalized spacial score (nSPS) is 11.3. The quantitative estimate of drug-likeness (QED) is 0.547. The number of fused-ring (bicyclic) bond motifs is 1. The van der Waals surface area contributed by atoms with Crippen molar-refractivity contribution >= 4 is 23.1 Å². The molecule has 4 nitrogen and oxygen atoms in total. The minimum absolute atomic E-state index is 0.715. The van der Waals surface area contributed by atoms with E-state index in [1.165, 1.54) is 5.82 Å². The SMILES string of the molecule is CCCN(CCC)c1c(CC)nc2c(-c3ccc(C)cc3Cl)nccn12. The smallest absolute Gasteiger partial charge is 0.165 e. The standard InChI is InChI=1S/C21H27ClN4/c1-5-11-25(12-6-2)21-18(7-3)24-20-19(23-10-13-26(20)21)16-9-8-15(4)14-17(16)22/h8-10,13-14H,5-7,11-12H2,1-4H3. The van der Waals surface area contributed by atoms with Crippen LogP contribution in [0, 0.1) is 6.92 Å². The van der Waals surface area contributed by atoms with Crippen molar-refractivity contribution in [2.45, 2.75) is 47.0 Å². The second kappa shape index (κ2) is 8.09. The molecular weight excluding hydrogens is 344 g/mol. The van der Waals surface area contributed by atoms with Crippen LogP contribution in [0.15, 0.2) is 30.6 Å². The Hall–Kier alpha value is -2.07. The highest BCUT2D eigenvalue weighted by Gasteiger charge is 2.20. The predicted octanol–water partition coefficient (Wildman–Crippen LogP) is 5.55. The van der Waals surface area contributed by atoms with E-state index in [4.69, 9.17) is 16.6 Å². The molecule has 0 saturated carbocycles. The molecule has 3 rings (SSSR count). The number of benzene rings is 1. The zero-order valence-electron chi connectivity index (χ0n) is 16.1. The van der Waals surface area contributed by atoms with Gasteiger partial charge in [0.25, 0.3) is 0 Å². The van der Waals surface area contributed by atoms with Crippen LogP contribution < -0.4 is 4.90 Å². The summed E-state index contributed by atoms with van der Waals surface area (Å²) in [6.45, 7) is 10.7. The Kier molecular flexibility index (Phi) is 5.82. The van der Waals surface area contributed by atoms with E-state index in [1.54, 1.807) is 0 Å². The Balaban J connectivity index is 2.23.